The number of halogens is 1. The first-order chi connectivity index (χ1) is 10.2. The van der Waals surface area contributed by atoms with Crippen LogP contribution in [0.15, 0.2) is 59.6 Å². The molecule has 0 bridgehead atoms. The van der Waals surface area contributed by atoms with Crippen molar-refractivity contribution in [3.63, 3.8) is 0 Å². The van der Waals surface area contributed by atoms with Crippen molar-refractivity contribution in [3.05, 3.63) is 70.7 Å². The summed E-state index contributed by atoms with van der Waals surface area (Å²) in [5.74, 6) is 0.840. The lowest BCUT2D eigenvalue weighted by Crippen LogP contribution is -2.02. The van der Waals surface area contributed by atoms with Gasteiger partial charge in [-0.2, -0.15) is 0 Å². The molecular weight excluding hydrogens is 326 g/mol. The van der Waals surface area contributed by atoms with E-state index in [4.69, 9.17) is 4.74 Å². The van der Waals surface area contributed by atoms with E-state index in [9.17, 15) is 0 Å². The van der Waals surface area contributed by atoms with Gasteiger partial charge in [0.25, 0.3) is 0 Å². The van der Waals surface area contributed by atoms with Crippen molar-refractivity contribution in [1.29, 1.82) is 0 Å². The molecule has 3 heteroatoms. The van der Waals surface area contributed by atoms with Crippen molar-refractivity contribution in [2.24, 2.45) is 0 Å². The van der Waals surface area contributed by atoms with E-state index < -0.39 is 0 Å². The Bertz CT molecular complexity index is 610. The average Bonchev–Trinajstić information content (AvgIpc) is 2.52. The predicted molar refractivity (Wildman–Crippen MR) is 93.0 cm³/mol. The summed E-state index contributed by atoms with van der Waals surface area (Å²) in [6.45, 7) is 7.12. The highest BCUT2D eigenvalue weighted by Gasteiger charge is 2.03. The van der Waals surface area contributed by atoms with Crippen LogP contribution in [0.1, 0.15) is 18.1 Å². The monoisotopic (exact) mass is 345 g/mol. The summed E-state index contributed by atoms with van der Waals surface area (Å²) in [4.78, 5) is 0. The highest BCUT2D eigenvalue weighted by Crippen LogP contribution is 2.26. The second-order valence-electron chi connectivity index (χ2n) is 4.73. The Morgan fingerprint density at radius 2 is 2.05 bits per heavy atom. The molecule has 0 saturated heterocycles. The summed E-state index contributed by atoms with van der Waals surface area (Å²) in [6.07, 6.45) is 2.77. The van der Waals surface area contributed by atoms with E-state index in [-0.39, 0.29) is 0 Å². The number of hydrogen-bond acceptors (Lipinski definition) is 2. The second kappa shape index (κ2) is 7.89. The van der Waals surface area contributed by atoms with Crippen molar-refractivity contribution in [3.8, 4) is 5.75 Å². The van der Waals surface area contributed by atoms with Gasteiger partial charge < -0.3 is 10.1 Å². The summed E-state index contributed by atoms with van der Waals surface area (Å²) < 4.78 is 6.52. The van der Waals surface area contributed by atoms with Gasteiger partial charge in [-0.05, 0) is 51.7 Å². The van der Waals surface area contributed by atoms with Gasteiger partial charge in [-0.3, -0.25) is 0 Å². The molecule has 21 heavy (non-hydrogen) atoms. The lowest BCUT2D eigenvalue weighted by atomic mass is 10.1. The molecule has 0 amide bonds. The summed E-state index contributed by atoms with van der Waals surface area (Å²) in [6, 6.07) is 14.6. The van der Waals surface area contributed by atoms with Crippen molar-refractivity contribution in [1.82, 2.24) is 0 Å². The standard InChI is InChI=1S/C18H20BrNO/c1-3-11-21-18-10-9-14(12-16(18)19)13-20-17-8-6-5-7-15(17)4-2/h3,5-10,12,20H,1,4,11,13H2,2H3. The molecule has 2 aromatic carbocycles. The van der Waals surface area contributed by atoms with Crippen molar-refractivity contribution in [2.75, 3.05) is 11.9 Å². The Balaban J connectivity index is 2.03. The molecule has 0 saturated carbocycles. The van der Waals surface area contributed by atoms with Crippen LogP contribution in [0.2, 0.25) is 0 Å². The molecule has 0 heterocycles. The van der Waals surface area contributed by atoms with E-state index in [0.29, 0.717) is 6.61 Å². The Morgan fingerprint density at radius 3 is 2.76 bits per heavy atom. The van der Waals surface area contributed by atoms with Gasteiger partial charge in [0.05, 0.1) is 4.47 Å². The third-order valence-electron chi connectivity index (χ3n) is 3.23. The molecule has 2 aromatic rings. The molecule has 0 unspecified atom stereocenters. The van der Waals surface area contributed by atoms with Gasteiger partial charge in [-0.25, -0.2) is 0 Å². The fourth-order valence-corrected chi connectivity index (χ4v) is 2.66. The molecule has 1 N–H and O–H groups in total. The maximum atomic E-state index is 5.55. The first-order valence-corrected chi connectivity index (χ1v) is 7.87. The third kappa shape index (κ3) is 4.36. The van der Waals surface area contributed by atoms with Gasteiger partial charge in [0, 0.05) is 12.2 Å². The van der Waals surface area contributed by atoms with Crippen molar-refractivity contribution >= 4 is 21.6 Å². The van der Waals surface area contributed by atoms with Crippen LogP contribution in [-0.4, -0.2) is 6.61 Å². The van der Waals surface area contributed by atoms with Crippen LogP contribution in [0.4, 0.5) is 5.69 Å². The Labute approximate surface area is 135 Å². The van der Waals surface area contributed by atoms with E-state index in [2.05, 4.69) is 71.1 Å². The summed E-state index contributed by atoms with van der Waals surface area (Å²) in [5.41, 5.74) is 3.74. The molecule has 0 aromatic heterocycles. The third-order valence-corrected chi connectivity index (χ3v) is 3.85. The number of aryl methyl sites for hydroxylation is 1. The zero-order chi connectivity index (χ0) is 15.1. The molecule has 0 atom stereocenters. The van der Waals surface area contributed by atoms with Crippen LogP contribution in [0.3, 0.4) is 0 Å². The highest BCUT2D eigenvalue weighted by molar-refractivity contribution is 9.10. The molecule has 0 radical (unpaired) electrons. The first kappa shape index (κ1) is 15.6. The zero-order valence-electron chi connectivity index (χ0n) is 12.2. The fraction of sp³-hybridized carbons (Fsp3) is 0.222. The molecule has 2 nitrogen and oxygen atoms in total. The van der Waals surface area contributed by atoms with E-state index >= 15 is 0 Å². The van der Waals surface area contributed by atoms with Gasteiger partial charge in [-0.15, -0.1) is 0 Å². The van der Waals surface area contributed by atoms with Crippen LogP contribution >= 0.6 is 15.9 Å². The number of nitrogens with one attached hydrogen (secondary N) is 1. The number of para-hydroxylation sites is 1. The normalized spacial score (nSPS) is 10.2. The SMILES string of the molecule is C=CCOc1ccc(CNc2ccccc2CC)cc1Br. The van der Waals surface area contributed by atoms with Crippen LogP contribution in [-0.2, 0) is 13.0 Å². The van der Waals surface area contributed by atoms with Gasteiger partial charge in [0.1, 0.15) is 12.4 Å². The minimum absolute atomic E-state index is 0.514. The molecule has 0 aliphatic heterocycles. The minimum atomic E-state index is 0.514. The highest BCUT2D eigenvalue weighted by atomic mass is 79.9. The summed E-state index contributed by atoms with van der Waals surface area (Å²) >= 11 is 3.54. The molecular formula is C18H20BrNO. The van der Waals surface area contributed by atoms with Crippen molar-refractivity contribution in [2.45, 2.75) is 19.9 Å². The molecule has 0 spiro atoms. The van der Waals surface area contributed by atoms with Gasteiger partial charge in [0.15, 0.2) is 0 Å². The summed E-state index contributed by atoms with van der Waals surface area (Å²) in [5, 5.41) is 3.49. The van der Waals surface area contributed by atoms with E-state index in [1.807, 2.05) is 6.07 Å². The minimum Gasteiger partial charge on any atom is -0.488 e. The molecule has 0 fully saturated rings. The number of rotatable bonds is 7. The van der Waals surface area contributed by atoms with Gasteiger partial charge >= 0.3 is 0 Å². The molecule has 110 valence electrons. The quantitative estimate of drug-likeness (QED) is 0.697. The fourth-order valence-electron chi connectivity index (χ4n) is 2.12. The summed E-state index contributed by atoms with van der Waals surface area (Å²) in [7, 11) is 0. The van der Waals surface area contributed by atoms with Crippen molar-refractivity contribution < 1.29 is 4.74 Å². The molecule has 0 aliphatic rings. The molecule has 2 rings (SSSR count). The van der Waals surface area contributed by atoms with Crippen LogP contribution in [0.25, 0.3) is 0 Å². The average molecular weight is 346 g/mol. The van der Waals surface area contributed by atoms with E-state index in [1.54, 1.807) is 6.08 Å². The Morgan fingerprint density at radius 1 is 1.24 bits per heavy atom. The number of anilines is 1. The van der Waals surface area contributed by atoms with Crippen LogP contribution in [0, 0.1) is 0 Å². The van der Waals surface area contributed by atoms with E-state index in [0.717, 1.165) is 23.2 Å². The maximum absolute atomic E-state index is 5.55. The molecule has 0 aliphatic carbocycles. The Hall–Kier alpha value is -1.74. The topological polar surface area (TPSA) is 21.3 Å². The van der Waals surface area contributed by atoms with Crippen LogP contribution in [0.5, 0.6) is 5.75 Å². The zero-order valence-corrected chi connectivity index (χ0v) is 13.8. The first-order valence-electron chi connectivity index (χ1n) is 7.08. The van der Waals surface area contributed by atoms with Gasteiger partial charge in [0.2, 0.25) is 0 Å². The number of hydrogen-bond donors (Lipinski definition) is 1. The second-order valence-corrected chi connectivity index (χ2v) is 5.58. The number of benzene rings is 2. The number of ether oxygens (including phenoxy) is 1. The maximum Gasteiger partial charge on any atom is 0.133 e. The van der Waals surface area contributed by atoms with E-state index in [1.165, 1.54) is 16.8 Å². The van der Waals surface area contributed by atoms with Gasteiger partial charge in [-0.1, -0.05) is 43.8 Å². The van der Waals surface area contributed by atoms with Crippen LogP contribution < -0.4 is 10.1 Å². The lowest BCUT2D eigenvalue weighted by Gasteiger charge is -2.12. The predicted octanol–water partition coefficient (Wildman–Crippen LogP) is 5.19. The Kier molecular flexibility index (Phi) is 5.88. The largest absolute Gasteiger partial charge is 0.488 e. The lowest BCUT2D eigenvalue weighted by molar-refractivity contribution is 0.361. The smallest absolute Gasteiger partial charge is 0.133 e.